The summed E-state index contributed by atoms with van der Waals surface area (Å²) in [6, 6.07) is 15.6. The van der Waals surface area contributed by atoms with E-state index in [-0.39, 0.29) is 5.91 Å². The van der Waals surface area contributed by atoms with Crippen molar-refractivity contribution in [3.05, 3.63) is 76.7 Å². The summed E-state index contributed by atoms with van der Waals surface area (Å²) in [6.45, 7) is 0.660. The molecule has 1 aromatic heterocycles. The first-order valence-electron chi connectivity index (χ1n) is 10.0. The molecule has 0 atom stereocenters. The number of amides is 1. The van der Waals surface area contributed by atoms with E-state index in [0.29, 0.717) is 17.8 Å². The molecule has 5 rings (SSSR count). The van der Waals surface area contributed by atoms with E-state index in [1.54, 1.807) is 6.07 Å². The van der Waals surface area contributed by atoms with E-state index in [9.17, 15) is 4.79 Å². The lowest BCUT2D eigenvalue weighted by Crippen LogP contribution is -2.06. The summed E-state index contributed by atoms with van der Waals surface area (Å²) in [5.41, 5.74) is 12.3. The molecule has 1 amide bonds. The lowest BCUT2D eigenvalue weighted by Gasteiger charge is -2.12. The van der Waals surface area contributed by atoms with Gasteiger partial charge in [-0.2, -0.15) is 0 Å². The maximum absolute atomic E-state index is 12.6. The third-order valence-corrected chi connectivity index (χ3v) is 5.66. The number of nitrogens with two attached hydrogens (primary N) is 1. The second-order valence-corrected chi connectivity index (χ2v) is 7.59. The number of carbonyl (C=O) groups excluding carboxylic acids is 1. The number of carbonyl (C=O) groups is 1. The van der Waals surface area contributed by atoms with Crippen molar-refractivity contribution in [3.8, 4) is 0 Å². The zero-order chi connectivity index (χ0) is 19.8. The fourth-order valence-electron chi connectivity index (χ4n) is 4.19. The number of furan rings is 1. The number of aryl methyl sites for hydroxylation is 1. The number of nitrogens with one attached hydrogen (secondary N) is 2. The Hall–Kier alpha value is -3.47. The van der Waals surface area contributed by atoms with Gasteiger partial charge >= 0.3 is 0 Å². The Labute approximate surface area is 169 Å². The van der Waals surface area contributed by atoms with Crippen molar-refractivity contribution in [2.45, 2.75) is 32.2 Å². The van der Waals surface area contributed by atoms with Crippen molar-refractivity contribution < 1.29 is 9.21 Å². The monoisotopic (exact) mass is 385 g/mol. The van der Waals surface area contributed by atoms with Crippen LogP contribution in [0.3, 0.4) is 0 Å². The van der Waals surface area contributed by atoms with Gasteiger partial charge in [0.15, 0.2) is 0 Å². The normalized spacial score (nSPS) is 16.4. The van der Waals surface area contributed by atoms with E-state index in [2.05, 4.69) is 10.6 Å². The third-order valence-electron chi connectivity index (χ3n) is 5.66. The highest BCUT2D eigenvalue weighted by Crippen LogP contribution is 2.37. The van der Waals surface area contributed by atoms with Crippen LogP contribution in [0.1, 0.15) is 41.1 Å². The second-order valence-electron chi connectivity index (χ2n) is 7.59. The first kappa shape index (κ1) is 17.6. The molecule has 0 saturated carbocycles. The number of para-hydroxylation sites is 1. The minimum absolute atomic E-state index is 0.123. The van der Waals surface area contributed by atoms with Crippen molar-refractivity contribution in [1.82, 2.24) is 0 Å². The Morgan fingerprint density at radius 2 is 1.93 bits per heavy atom. The van der Waals surface area contributed by atoms with E-state index in [1.165, 1.54) is 12.0 Å². The predicted octanol–water partition coefficient (Wildman–Crippen LogP) is 4.85. The molecule has 0 radical (unpaired) electrons. The lowest BCUT2D eigenvalue weighted by atomic mass is 9.94. The molecule has 1 aliphatic carbocycles. The summed E-state index contributed by atoms with van der Waals surface area (Å²) in [5.74, 6) is 1.70. The van der Waals surface area contributed by atoms with Gasteiger partial charge in [0, 0.05) is 41.2 Å². The van der Waals surface area contributed by atoms with Crippen LogP contribution in [0.15, 0.2) is 52.9 Å². The van der Waals surface area contributed by atoms with E-state index in [0.717, 1.165) is 53.3 Å². The van der Waals surface area contributed by atoms with Crippen molar-refractivity contribution in [2.75, 3.05) is 16.4 Å². The number of rotatable bonds is 4. The first-order valence-corrected chi connectivity index (χ1v) is 10.0. The van der Waals surface area contributed by atoms with Crippen LogP contribution in [0.25, 0.3) is 11.6 Å². The van der Waals surface area contributed by atoms with Crippen LogP contribution in [-0.2, 0) is 24.2 Å². The summed E-state index contributed by atoms with van der Waals surface area (Å²) in [7, 11) is 0. The van der Waals surface area contributed by atoms with E-state index in [4.69, 9.17) is 10.2 Å². The van der Waals surface area contributed by atoms with Gasteiger partial charge in [-0.25, -0.2) is 0 Å². The van der Waals surface area contributed by atoms with Gasteiger partial charge in [0.05, 0.1) is 5.57 Å². The topological polar surface area (TPSA) is 80.3 Å². The molecule has 0 bridgehead atoms. The SMILES string of the molecule is Nc1ccc2c(c1)C(=Cc1oc3c(c1CNc1ccccc1)CCCC3)C(=O)N2. The molecule has 1 aliphatic heterocycles. The van der Waals surface area contributed by atoms with Crippen LogP contribution in [0.2, 0.25) is 0 Å². The minimum Gasteiger partial charge on any atom is -0.461 e. The Bertz CT molecular complexity index is 1110. The molecule has 146 valence electrons. The highest BCUT2D eigenvalue weighted by atomic mass is 16.3. The largest absolute Gasteiger partial charge is 0.461 e. The molecule has 5 heteroatoms. The van der Waals surface area contributed by atoms with Crippen LogP contribution in [-0.4, -0.2) is 5.91 Å². The molecule has 2 aliphatic rings. The maximum atomic E-state index is 12.6. The summed E-state index contributed by atoms with van der Waals surface area (Å²) >= 11 is 0. The Balaban J connectivity index is 1.55. The molecule has 5 nitrogen and oxygen atoms in total. The van der Waals surface area contributed by atoms with Gasteiger partial charge in [-0.15, -0.1) is 0 Å². The summed E-state index contributed by atoms with van der Waals surface area (Å²) in [5, 5.41) is 6.41. The molecular weight excluding hydrogens is 362 g/mol. The molecule has 0 spiro atoms. The highest BCUT2D eigenvalue weighted by molar-refractivity contribution is 6.35. The molecule has 4 N–H and O–H groups in total. The molecule has 3 aromatic rings. The zero-order valence-electron chi connectivity index (χ0n) is 16.1. The van der Waals surface area contributed by atoms with Gasteiger partial charge in [-0.3, -0.25) is 4.79 Å². The third kappa shape index (κ3) is 3.29. The number of benzene rings is 2. The number of nitrogen functional groups attached to an aromatic ring is 1. The Kier molecular flexibility index (Phi) is 4.35. The maximum Gasteiger partial charge on any atom is 0.256 e. The predicted molar refractivity (Wildman–Crippen MR) is 116 cm³/mol. The number of hydrogen-bond donors (Lipinski definition) is 3. The van der Waals surface area contributed by atoms with E-state index < -0.39 is 0 Å². The zero-order valence-corrected chi connectivity index (χ0v) is 16.1. The fraction of sp³-hybridized carbons (Fsp3) is 0.208. The Morgan fingerprint density at radius 3 is 2.79 bits per heavy atom. The fourth-order valence-corrected chi connectivity index (χ4v) is 4.19. The molecule has 0 saturated heterocycles. The van der Waals surface area contributed by atoms with Crippen molar-refractivity contribution in [3.63, 3.8) is 0 Å². The molecular formula is C24H23N3O2. The summed E-state index contributed by atoms with van der Waals surface area (Å²) in [4.78, 5) is 12.6. The second kappa shape index (κ2) is 7.17. The molecule has 2 heterocycles. The smallest absolute Gasteiger partial charge is 0.256 e. The average Bonchev–Trinajstić information content (AvgIpc) is 3.24. The van der Waals surface area contributed by atoms with Crippen molar-refractivity contribution >= 4 is 34.6 Å². The number of hydrogen-bond acceptors (Lipinski definition) is 4. The van der Waals surface area contributed by atoms with E-state index >= 15 is 0 Å². The minimum atomic E-state index is -0.123. The van der Waals surface area contributed by atoms with Gasteiger partial charge in [0.25, 0.3) is 5.91 Å². The van der Waals surface area contributed by atoms with Gasteiger partial charge < -0.3 is 20.8 Å². The highest BCUT2D eigenvalue weighted by Gasteiger charge is 2.27. The summed E-state index contributed by atoms with van der Waals surface area (Å²) < 4.78 is 6.25. The van der Waals surface area contributed by atoms with Crippen LogP contribution in [0, 0.1) is 0 Å². The molecule has 0 unspecified atom stereocenters. The molecule has 2 aromatic carbocycles. The van der Waals surface area contributed by atoms with E-state index in [1.807, 2.05) is 48.5 Å². The number of anilines is 3. The van der Waals surface area contributed by atoms with Crippen molar-refractivity contribution in [2.24, 2.45) is 0 Å². The molecule has 0 fully saturated rings. The van der Waals surface area contributed by atoms with Crippen LogP contribution in [0.5, 0.6) is 0 Å². The quantitative estimate of drug-likeness (QED) is 0.443. The summed E-state index contributed by atoms with van der Waals surface area (Å²) in [6.07, 6.45) is 6.15. The van der Waals surface area contributed by atoms with Crippen LogP contribution < -0.4 is 16.4 Å². The number of fused-ring (bicyclic) bond motifs is 2. The van der Waals surface area contributed by atoms with Gasteiger partial charge in [0.1, 0.15) is 11.5 Å². The molecule has 29 heavy (non-hydrogen) atoms. The van der Waals surface area contributed by atoms with Gasteiger partial charge in [-0.05, 0) is 61.2 Å². The lowest BCUT2D eigenvalue weighted by molar-refractivity contribution is -0.110. The average molecular weight is 385 g/mol. The Morgan fingerprint density at radius 1 is 1.10 bits per heavy atom. The van der Waals surface area contributed by atoms with Crippen LogP contribution in [0.4, 0.5) is 17.1 Å². The van der Waals surface area contributed by atoms with Gasteiger partial charge in [-0.1, -0.05) is 18.2 Å². The first-order chi connectivity index (χ1) is 14.2. The standard InChI is InChI=1S/C24H23N3O2/c25-15-10-11-21-18(12-15)19(24(28)27-21)13-23-20(14-26-16-6-2-1-3-7-16)17-8-4-5-9-22(17)29-23/h1-3,6-7,10-13,26H,4-5,8-9,14,25H2,(H,27,28). The van der Waals surface area contributed by atoms with Crippen molar-refractivity contribution in [1.29, 1.82) is 0 Å². The van der Waals surface area contributed by atoms with Gasteiger partial charge in [0.2, 0.25) is 0 Å². The van der Waals surface area contributed by atoms with Crippen LogP contribution >= 0.6 is 0 Å².